The van der Waals surface area contributed by atoms with Gasteiger partial charge in [0.15, 0.2) is 0 Å². The molecule has 0 N–H and O–H groups in total. The van der Waals surface area contributed by atoms with Gasteiger partial charge in [-0.15, -0.1) is 0 Å². The summed E-state index contributed by atoms with van der Waals surface area (Å²) in [5.74, 6) is 0. The molecule has 0 saturated heterocycles. The van der Waals surface area contributed by atoms with E-state index < -0.39 is 0 Å². The normalized spacial score (nSPS) is 10.1. The second-order valence-electron chi connectivity index (χ2n) is 3.13. The predicted molar refractivity (Wildman–Crippen MR) is 58.5 cm³/mol. The predicted octanol–water partition coefficient (Wildman–Crippen LogP) is 3.33. The van der Waals surface area contributed by atoms with Crippen molar-refractivity contribution in [2.75, 3.05) is 0 Å². The van der Waals surface area contributed by atoms with Gasteiger partial charge in [-0.25, -0.2) is 0 Å². The lowest BCUT2D eigenvalue weighted by atomic mass is 10.1. The second-order valence-corrected chi connectivity index (χ2v) is 3.56. The molecule has 2 heteroatoms. The highest BCUT2D eigenvalue weighted by Gasteiger charge is 1.96. The molecule has 0 saturated carbocycles. The second kappa shape index (κ2) is 4.25. The maximum Gasteiger partial charge on any atom is 0.0447 e. The van der Waals surface area contributed by atoms with Crippen molar-refractivity contribution in [1.82, 2.24) is 4.98 Å². The monoisotopic (exact) mass is 203 g/mol. The first-order valence-corrected chi connectivity index (χ1v) is 4.87. The van der Waals surface area contributed by atoms with Crippen LogP contribution in [0.4, 0.5) is 0 Å². The Morgan fingerprint density at radius 2 is 2.00 bits per heavy atom. The fourth-order valence-electron chi connectivity index (χ4n) is 1.36. The molecule has 0 aliphatic rings. The van der Waals surface area contributed by atoms with Gasteiger partial charge >= 0.3 is 0 Å². The minimum atomic E-state index is 0.776. The molecule has 0 radical (unpaired) electrons. The van der Waals surface area contributed by atoms with E-state index in [2.05, 4.69) is 11.1 Å². The van der Waals surface area contributed by atoms with Crippen LogP contribution < -0.4 is 0 Å². The first kappa shape index (κ1) is 9.22. The summed E-state index contributed by atoms with van der Waals surface area (Å²) in [5.41, 5.74) is 2.26. The quantitative estimate of drug-likeness (QED) is 0.730. The van der Waals surface area contributed by atoms with E-state index in [1.165, 1.54) is 5.56 Å². The zero-order valence-corrected chi connectivity index (χ0v) is 8.41. The van der Waals surface area contributed by atoms with Crippen LogP contribution in [0, 0.1) is 0 Å². The average Bonchev–Trinajstić information content (AvgIpc) is 2.19. The zero-order valence-electron chi connectivity index (χ0n) is 7.65. The molecule has 70 valence electrons. The highest BCUT2D eigenvalue weighted by Crippen LogP contribution is 2.13. The minimum absolute atomic E-state index is 0.776. The molecule has 0 bridgehead atoms. The average molecular weight is 204 g/mol. The molecular weight excluding hydrogens is 194 g/mol. The van der Waals surface area contributed by atoms with Gasteiger partial charge < -0.3 is 0 Å². The molecule has 0 amide bonds. The van der Waals surface area contributed by atoms with E-state index in [-0.39, 0.29) is 0 Å². The Balaban J connectivity index is 2.19. The molecular formula is C12H10ClN. The van der Waals surface area contributed by atoms with Crippen LogP contribution in [0.1, 0.15) is 11.3 Å². The van der Waals surface area contributed by atoms with Crippen LogP contribution in [0.25, 0.3) is 0 Å². The number of aromatic nitrogens is 1. The van der Waals surface area contributed by atoms with Crippen LogP contribution in [-0.2, 0) is 6.42 Å². The highest BCUT2D eigenvalue weighted by molar-refractivity contribution is 6.30. The van der Waals surface area contributed by atoms with Crippen LogP contribution in [-0.4, -0.2) is 4.98 Å². The third kappa shape index (κ3) is 2.33. The standard InChI is InChI=1S/C12H10ClN/c13-11-5-3-4-10(8-11)9-12-6-1-2-7-14-12/h1-8H,9H2. The number of hydrogen-bond donors (Lipinski definition) is 0. The summed E-state index contributed by atoms with van der Waals surface area (Å²) in [6, 6.07) is 13.8. The van der Waals surface area contributed by atoms with Gasteiger partial charge in [0, 0.05) is 23.3 Å². The molecule has 2 aromatic rings. The Hall–Kier alpha value is -1.34. The molecule has 14 heavy (non-hydrogen) atoms. The summed E-state index contributed by atoms with van der Waals surface area (Å²) in [7, 11) is 0. The first-order chi connectivity index (χ1) is 6.84. The highest BCUT2D eigenvalue weighted by atomic mass is 35.5. The lowest BCUT2D eigenvalue weighted by Gasteiger charge is -2.00. The molecule has 2 rings (SSSR count). The number of nitrogens with zero attached hydrogens (tertiary/aromatic N) is 1. The summed E-state index contributed by atoms with van der Waals surface area (Å²) in [5, 5.41) is 0.776. The van der Waals surface area contributed by atoms with Crippen molar-refractivity contribution in [2.24, 2.45) is 0 Å². The third-order valence-electron chi connectivity index (χ3n) is 2.00. The molecule has 0 aliphatic carbocycles. The van der Waals surface area contributed by atoms with E-state index in [0.717, 1.165) is 17.1 Å². The van der Waals surface area contributed by atoms with E-state index in [9.17, 15) is 0 Å². The maximum atomic E-state index is 5.89. The number of rotatable bonds is 2. The van der Waals surface area contributed by atoms with Crippen molar-refractivity contribution in [1.29, 1.82) is 0 Å². The maximum absolute atomic E-state index is 5.89. The van der Waals surface area contributed by atoms with E-state index in [1.807, 2.05) is 36.4 Å². The van der Waals surface area contributed by atoms with Gasteiger partial charge in [0.1, 0.15) is 0 Å². The lowest BCUT2D eigenvalue weighted by molar-refractivity contribution is 1.07. The number of halogens is 1. The summed E-state index contributed by atoms with van der Waals surface area (Å²) < 4.78 is 0. The van der Waals surface area contributed by atoms with Gasteiger partial charge in [-0.05, 0) is 29.8 Å². The van der Waals surface area contributed by atoms with Crippen molar-refractivity contribution in [3.8, 4) is 0 Å². The van der Waals surface area contributed by atoms with E-state index in [0.29, 0.717) is 0 Å². The van der Waals surface area contributed by atoms with Crippen LogP contribution in [0.2, 0.25) is 5.02 Å². The molecule has 1 aromatic carbocycles. The molecule has 0 aliphatic heterocycles. The first-order valence-electron chi connectivity index (χ1n) is 4.49. The van der Waals surface area contributed by atoms with Crippen LogP contribution >= 0.6 is 11.6 Å². The SMILES string of the molecule is Clc1cccc(Cc2ccccn2)c1. The fraction of sp³-hybridized carbons (Fsp3) is 0.0833. The van der Waals surface area contributed by atoms with Gasteiger partial charge in [0.2, 0.25) is 0 Å². The summed E-state index contributed by atoms with van der Waals surface area (Å²) >= 11 is 5.89. The lowest BCUT2D eigenvalue weighted by Crippen LogP contribution is -1.90. The topological polar surface area (TPSA) is 12.9 Å². The number of hydrogen-bond acceptors (Lipinski definition) is 1. The van der Waals surface area contributed by atoms with Crippen molar-refractivity contribution in [3.63, 3.8) is 0 Å². The van der Waals surface area contributed by atoms with Crippen LogP contribution in [0.15, 0.2) is 48.7 Å². The summed E-state index contributed by atoms with van der Waals surface area (Å²) in [6.45, 7) is 0. The molecule has 1 nitrogen and oxygen atoms in total. The van der Waals surface area contributed by atoms with Gasteiger partial charge in [-0.2, -0.15) is 0 Å². The molecule has 1 heterocycles. The van der Waals surface area contributed by atoms with Crippen LogP contribution in [0.3, 0.4) is 0 Å². The Kier molecular flexibility index (Phi) is 2.80. The summed E-state index contributed by atoms with van der Waals surface area (Å²) in [4.78, 5) is 4.26. The Labute approximate surface area is 88.4 Å². The molecule has 0 atom stereocenters. The van der Waals surface area contributed by atoms with Crippen molar-refractivity contribution < 1.29 is 0 Å². The van der Waals surface area contributed by atoms with Gasteiger partial charge in [-0.1, -0.05) is 29.8 Å². The van der Waals surface area contributed by atoms with E-state index in [1.54, 1.807) is 6.20 Å². The molecule has 0 fully saturated rings. The van der Waals surface area contributed by atoms with Gasteiger partial charge in [0.05, 0.1) is 0 Å². The van der Waals surface area contributed by atoms with Gasteiger partial charge in [-0.3, -0.25) is 4.98 Å². The van der Waals surface area contributed by atoms with Crippen molar-refractivity contribution in [2.45, 2.75) is 6.42 Å². The van der Waals surface area contributed by atoms with Crippen molar-refractivity contribution >= 4 is 11.6 Å². The minimum Gasteiger partial charge on any atom is -0.261 e. The Morgan fingerprint density at radius 1 is 1.07 bits per heavy atom. The molecule has 0 spiro atoms. The van der Waals surface area contributed by atoms with Crippen LogP contribution in [0.5, 0.6) is 0 Å². The smallest absolute Gasteiger partial charge is 0.0447 e. The summed E-state index contributed by atoms with van der Waals surface area (Å²) in [6.07, 6.45) is 2.64. The zero-order chi connectivity index (χ0) is 9.80. The third-order valence-corrected chi connectivity index (χ3v) is 2.24. The van der Waals surface area contributed by atoms with Gasteiger partial charge in [0.25, 0.3) is 0 Å². The molecule has 0 unspecified atom stereocenters. The Morgan fingerprint density at radius 3 is 2.71 bits per heavy atom. The van der Waals surface area contributed by atoms with E-state index in [4.69, 9.17) is 11.6 Å². The van der Waals surface area contributed by atoms with E-state index >= 15 is 0 Å². The fourth-order valence-corrected chi connectivity index (χ4v) is 1.57. The number of benzene rings is 1. The number of pyridine rings is 1. The van der Waals surface area contributed by atoms with Crippen molar-refractivity contribution in [3.05, 3.63) is 64.9 Å². The Bertz CT molecular complexity index is 412. The molecule has 1 aromatic heterocycles. The largest absolute Gasteiger partial charge is 0.261 e.